The minimum absolute atomic E-state index is 0.348. The van der Waals surface area contributed by atoms with Gasteiger partial charge in [-0.15, -0.1) is 11.3 Å². The molecule has 5 nitrogen and oxygen atoms in total. The lowest BCUT2D eigenvalue weighted by Crippen LogP contribution is -2.08. The second kappa shape index (κ2) is 6.49. The molecule has 0 aliphatic carbocycles. The van der Waals surface area contributed by atoms with Crippen molar-refractivity contribution >= 4 is 37.2 Å². The lowest BCUT2D eigenvalue weighted by atomic mass is 10.1. The molecule has 0 atom stereocenters. The van der Waals surface area contributed by atoms with Crippen LogP contribution in [0.5, 0.6) is 0 Å². The number of rotatable bonds is 5. The summed E-state index contributed by atoms with van der Waals surface area (Å²) in [4.78, 5) is 10.3. The molecule has 2 heterocycles. The number of thiophene rings is 1. The topological polar surface area (TPSA) is 72.0 Å². The standard InChI is InChI=1S/C17H19N3O2S2/c1-11-10-23-17-15(11)16(19-12(2)20-17)18-9-8-13-4-6-14(7-5-13)24(3,21)22/h4-7,10H,8-9H2,1-3H3,(H,18,19,20). The van der Waals surface area contributed by atoms with E-state index in [1.54, 1.807) is 23.5 Å². The lowest BCUT2D eigenvalue weighted by molar-refractivity contribution is 0.602. The Labute approximate surface area is 145 Å². The van der Waals surface area contributed by atoms with Crippen molar-refractivity contribution in [3.63, 3.8) is 0 Å². The summed E-state index contributed by atoms with van der Waals surface area (Å²) in [5, 5.41) is 6.56. The van der Waals surface area contributed by atoms with E-state index in [0.717, 1.165) is 40.4 Å². The van der Waals surface area contributed by atoms with Crippen molar-refractivity contribution in [1.29, 1.82) is 0 Å². The van der Waals surface area contributed by atoms with E-state index in [9.17, 15) is 8.42 Å². The molecule has 0 spiro atoms. The summed E-state index contributed by atoms with van der Waals surface area (Å²) in [6.45, 7) is 4.68. The van der Waals surface area contributed by atoms with Crippen molar-refractivity contribution in [2.75, 3.05) is 18.1 Å². The molecule has 0 amide bonds. The van der Waals surface area contributed by atoms with Crippen molar-refractivity contribution in [2.45, 2.75) is 25.2 Å². The number of hydrogen-bond acceptors (Lipinski definition) is 6. The highest BCUT2D eigenvalue weighted by Crippen LogP contribution is 2.29. The quantitative estimate of drug-likeness (QED) is 0.754. The summed E-state index contributed by atoms with van der Waals surface area (Å²) in [6.07, 6.45) is 2.01. The van der Waals surface area contributed by atoms with E-state index >= 15 is 0 Å². The zero-order valence-electron chi connectivity index (χ0n) is 13.8. The molecule has 3 rings (SSSR count). The molecule has 0 saturated carbocycles. The van der Waals surface area contributed by atoms with Crippen LogP contribution in [0.3, 0.4) is 0 Å². The molecule has 0 fully saturated rings. The summed E-state index contributed by atoms with van der Waals surface area (Å²) in [5.74, 6) is 1.62. The Kier molecular flexibility index (Phi) is 4.56. The minimum atomic E-state index is -3.14. The molecule has 1 aromatic carbocycles. The van der Waals surface area contributed by atoms with Gasteiger partial charge in [-0.2, -0.15) is 0 Å². The molecule has 7 heteroatoms. The van der Waals surface area contributed by atoms with Gasteiger partial charge >= 0.3 is 0 Å². The average Bonchev–Trinajstić information content (AvgIpc) is 2.88. The Balaban J connectivity index is 1.72. The monoisotopic (exact) mass is 361 g/mol. The zero-order valence-corrected chi connectivity index (χ0v) is 15.5. The first-order valence-electron chi connectivity index (χ1n) is 7.60. The fraction of sp³-hybridized carbons (Fsp3) is 0.294. The molecular formula is C17H19N3O2S2. The Hall–Kier alpha value is -1.99. The van der Waals surface area contributed by atoms with Crippen LogP contribution in [0.2, 0.25) is 0 Å². The highest BCUT2D eigenvalue weighted by atomic mass is 32.2. The third-order valence-electron chi connectivity index (χ3n) is 3.79. The van der Waals surface area contributed by atoms with Crippen LogP contribution in [0, 0.1) is 13.8 Å². The van der Waals surface area contributed by atoms with Gasteiger partial charge in [0.1, 0.15) is 16.5 Å². The number of aryl methyl sites for hydroxylation is 2. The Bertz CT molecular complexity index is 977. The van der Waals surface area contributed by atoms with Crippen LogP contribution in [0.25, 0.3) is 10.2 Å². The average molecular weight is 361 g/mol. The van der Waals surface area contributed by atoms with E-state index in [-0.39, 0.29) is 0 Å². The van der Waals surface area contributed by atoms with Crippen LogP contribution in [0.1, 0.15) is 17.0 Å². The van der Waals surface area contributed by atoms with Crippen LogP contribution in [-0.4, -0.2) is 31.2 Å². The van der Waals surface area contributed by atoms with Gasteiger partial charge in [0.05, 0.1) is 10.3 Å². The third-order valence-corrected chi connectivity index (χ3v) is 5.91. The SMILES string of the molecule is Cc1nc(NCCc2ccc(S(C)(=O)=O)cc2)c2c(C)csc2n1. The van der Waals surface area contributed by atoms with E-state index in [1.165, 1.54) is 11.8 Å². The van der Waals surface area contributed by atoms with Gasteiger partial charge in [-0.1, -0.05) is 12.1 Å². The maximum Gasteiger partial charge on any atom is 0.175 e. The van der Waals surface area contributed by atoms with Gasteiger partial charge in [-0.25, -0.2) is 18.4 Å². The van der Waals surface area contributed by atoms with Gasteiger partial charge in [0, 0.05) is 12.8 Å². The molecular weight excluding hydrogens is 342 g/mol. The molecule has 3 aromatic rings. The molecule has 126 valence electrons. The molecule has 2 aromatic heterocycles. The summed E-state index contributed by atoms with van der Waals surface area (Å²) in [6, 6.07) is 7.02. The van der Waals surface area contributed by atoms with Crippen LogP contribution in [-0.2, 0) is 16.3 Å². The van der Waals surface area contributed by atoms with Crippen molar-refractivity contribution in [3.8, 4) is 0 Å². The van der Waals surface area contributed by atoms with Gasteiger partial charge in [-0.05, 0) is 48.9 Å². The number of benzene rings is 1. The number of nitrogens with zero attached hydrogens (tertiary/aromatic N) is 2. The highest BCUT2D eigenvalue weighted by Gasteiger charge is 2.10. The largest absolute Gasteiger partial charge is 0.369 e. The highest BCUT2D eigenvalue weighted by molar-refractivity contribution is 7.90. The molecule has 0 aliphatic heterocycles. The van der Waals surface area contributed by atoms with Crippen molar-refractivity contribution in [3.05, 3.63) is 46.6 Å². The summed E-state index contributed by atoms with van der Waals surface area (Å²) >= 11 is 1.63. The van der Waals surface area contributed by atoms with Crippen LogP contribution < -0.4 is 5.32 Å². The Morgan fingerprint density at radius 1 is 1.12 bits per heavy atom. The maximum absolute atomic E-state index is 11.5. The zero-order chi connectivity index (χ0) is 17.3. The predicted molar refractivity (Wildman–Crippen MR) is 98.6 cm³/mol. The number of fused-ring (bicyclic) bond motifs is 1. The van der Waals surface area contributed by atoms with E-state index in [4.69, 9.17) is 0 Å². The number of hydrogen-bond donors (Lipinski definition) is 1. The third kappa shape index (κ3) is 3.57. The Morgan fingerprint density at radius 3 is 2.50 bits per heavy atom. The fourth-order valence-electron chi connectivity index (χ4n) is 2.55. The smallest absolute Gasteiger partial charge is 0.175 e. The van der Waals surface area contributed by atoms with Crippen molar-refractivity contribution in [2.24, 2.45) is 0 Å². The molecule has 0 bridgehead atoms. The second-order valence-corrected chi connectivity index (χ2v) is 8.69. The van der Waals surface area contributed by atoms with E-state index in [1.807, 2.05) is 19.1 Å². The first-order chi connectivity index (χ1) is 11.3. The second-order valence-electron chi connectivity index (χ2n) is 5.81. The first-order valence-corrected chi connectivity index (χ1v) is 10.4. The van der Waals surface area contributed by atoms with E-state index in [2.05, 4.69) is 27.6 Å². The molecule has 0 unspecified atom stereocenters. The fourth-order valence-corrected chi connectivity index (χ4v) is 4.14. The number of aromatic nitrogens is 2. The van der Waals surface area contributed by atoms with E-state index in [0.29, 0.717) is 4.90 Å². The first kappa shape index (κ1) is 16.9. The molecule has 0 radical (unpaired) electrons. The van der Waals surface area contributed by atoms with Gasteiger partial charge in [0.25, 0.3) is 0 Å². The summed E-state index contributed by atoms with van der Waals surface area (Å²) < 4.78 is 23.0. The Morgan fingerprint density at radius 2 is 1.83 bits per heavy atom. The van der Waals surface area contributed by atoms with Gasteiger partial charge < -0.3 is 5.32 Å². The number of nitrogens with one attached hydrogen (secondary N) is 1. The van der Waals surface area contributed by atoms with Crippen LogP contribution in [0.4, 0.5) is 5.82 Å². The van der Waals surface area contributed by atoms with Gasteiger partial charge in [0.2, 0.25) is 0 Å². The maximum atomic E-state index is 11.5. The number of anilines is 1. The molecule has 0 saturated heterocycles. The van der Waals surface area contributed by atoms with E-state index < -0.39 is 9.84 Å². The normalized spacial score (nSPS) is 11.8. The molecule has 0 aliphatic rings. The summed E-state index contributed by atoms with van der Waals surface area (Å²) in [5.41, 5.74) is 2.26. The molecule has 1 N–H and O–H groups in total. The van der Waals surface area contributed by atoms with Gasteiger partial charge in [0.15, 0.2) is 9.84 Å². The number of sulfone groups is 1. The molecule has 24 heavy (non-hydrogen) atoms. The minimum Gasteiger partial charge on any atom is -0.369 e. The lowest BCUT2D eigenvalue weighted by Gasteiger charge is -2.09. The van der Waals surface area contributed by atoms with Crippen LogP contribution in [0.15, 0.2) is 34.5 Å². The summed E-state index contributed by atoms with van der Waals surface area (Å²) in [7, 11) is -3.14. The predicted octanol–water partition coefficient (Wildman–Crippen LogP) is 3.37. The van der Waals surface area contributed by atoms with Crippen LogP contribution >= 0.6 is 11.3 Å². The van der Waals surface area contributed by atoms with Gasteiger partial charge in [-0.3, -0.25) is 0 Å². The van der Waals surface area contributed by atoms with Crippen molar-refractivity contribution < 1.29 is 8.42 Å². The van der Waals surface area contributed by atoms with Crippen molar-refractivity contribution in [1.82, 2.24) is 9.97 Å².